The van der Waals surface area contributed by atoms with Gasteiger partial charge in [0.05, 0.1) is 15.8 Å². The molecule has 0 aromatic carbocycles. The van der Waals surface area contributed by atoms with E-state index in [1.165, 1.54) is 27.9 Å². The molecule has 5 atom stereocenters. The van der Waals surface area contributed by atoms with Crippen molar-refractivity contribution in [3.8, 4) is 0 Å². The summed E-state index contributed by atoms with van der Waals surface area (Å²) in [7, 11) is 2.42. The lowest BCUT2D eigenvalue weighted by molar-refractivity contribution is -0.300. The Morgan fingerprint density at radius 3 is 1.92 bits per heavy atom. The Kier molecular flexibility index (Phi) is 9.26. The van der Waals surface area contributed by atoms with E-state index in [-0.39, 0.29) is 6.61 Å². The van der Waals surface area contributed by atoms with Crippen LogP contribution in [0.15, 0.2) is 0 Å². The van der Waals surface area contributed by atoms with Crippen molar-refractivity contribution in [1.82, 2.24) is 0 Å². The zero-order valence-electron chi connectivity index (χ0n) is 13.6. The number of ether oxygens (including phenoxy) is 5. The molecule has 1 aliphatic heterocycles. The maximum atomic E-state index is 11.5. The van der Waals surface area contributed by atoms with E-state index in [0.717, 1.165) is 9.21 Å². The van der Waals surface area contributed by atoms with Crippen LogP contribution >= 0.6 is 30.4 Å². The Balaban J connectivity index is 3.15. The van der Waals surface area contributed by atoms with Gasteiger partial charge in [-0.25, -0.2) is 0 Å². The van der Waals surface area contributed by atoms with Gasteiger partial charge in [0, 0.05) is 49.1 Å². The minimum Gasteiger partial charge on any atom is -0.456 e. The molecule has 9 nitrogen and oxygen atoms in total. The van der Waals surface area contributed by atoms with Crippen molar-refractivity contribution in [3.05, 3.63) is 0 Å². The van der Waals surface area contributed by atoms with Gasteiger partial charge in [0.1, 0.15) is 6.10 Å². The van der Waals surface area contributed by atoms with Crippen LogP contribution in [0.2, 0.25) is 0 Å². The Morgan fingerprint density at radius 2 is 1.46 bits per heavy atom. The number of esters is 3. The third-order valence-electron chi connectivity index (χ3n) is 3.01. The molecule has 0 aliphatic carbocycles. The van der Waals surface area contributed by atoms with Crippen molar-refractivity contribution in [1.29, 1.82) is 0 Å². The summed E-state index contributed by atoms with van der Waals surface area (Å²) in [6.45, 7) is 3.63. The molecule has 0 aromatic heterocycles. The van der Waals surface area contributed by atoms with Gasteiger partial charge in [-0.15, -0.1) is 0 Å². The first-order chi connectivity index (χ1) is 11.3. The van der Waals surface area contributed by atoms with E-state index in [2.05, 4.69) is 0 Å². The number of carbonyl (C=O) groups excluding carboxylic acids is 3. The van der Waals surface area contributed by atoms with E-state index in [9.17, 15) is 14.4 Å². The average molecular weight is 478 g/mol. The molecule has 1 saturated heterocycles. The minimum absolute atomic E-state index is 0.0377. The lowest BCUT2D eigenvalue weighted by Crippen LogP contribution is -2.62. The molecule has 1 rings (SSSR count). The number of rotatable bonds is 7. The Labute approximate surface area is 155 Å². The Bertz CT molecular complexity index is 461. The van der Waals surface area contributed by atoms with Gasteiger partial charge in [-0.2, -0.15) is 0 Å². The van der Waals surface area contributed by atoms with Crippen molar-refractivity contribution < 1.29 is 42.3 Å². The van der Waals surface area contributed by atoms with Crippen LogP contribution in [0.1, 0.15) is 20.8 Å². The van der Waals surface area contributed by atoms with Gasteiger partial charge in [-0.3, -0.25) is 14.4 Å². The van der Waals surface area contributed by atoms with E-state index < -0.39 is 48.6 Å². The quantitative estimate of drug-likeness (QED) is 0.229. The number of hydrogen-bond donors (Lipinski definition) is 0. The van der Waals surface area contributed by atoms with E-state index in [4.69, 9.17) is 27.9 Å². The molecule has 0 amide bonds. The van der Waals surface area contributed by atoms with Crippen LogP contribution in [-0.4, -0.2) is 62.3 Å². The molecule has 0 saturated carbocycles. The number of carbonyl (C=O) groups is 3. The first kappa shape index (κ1) is 21.4. The summed E-state index contributed by atoms with van der Waals surface area (Å²) in [5, 5.41) is 0. The molecule has 0 spiro atoms. The second kappa shape index (κ2) is 10.4. The highest BCUT2D eigenvalue weighted by molar-refractivity contribution is 14.2. The second-order valence-electron chi connectivity index (χ2n) is 4.85. The van der Waals surface area contributed by atoms with E-state index in [1.807, 2.05) is 21.2 Å². The lowest BCUT2D eigenvalue weighted by Gasteiger charge is -2.43. The first-order valence-corrected chi connectivity index (χ1v) is 10.2. The summed E-state index contributed by atoms with van der Waals surface area (Å²) < 4.78 is 31.7. The smallest absolute Gasteiger partial charge is 0.303 e. The summed E-state index contributed by atoms with van der Waals surface area (Å²) in [6.07, 6.45) is -5.01. The number of halogens is 1. The molecule has 0 aromatic rings. The van der Waals surface area contributed by atoms with E-state index in [0.29, 0.717) is 0 Å². The monoisotopic (exact) mass is 478 g/mol. The van der Waals surface area contributed by atoms with Crippen LogP contribution in [0.5, 0.6) is 0 Å². The van der Waals surface area contributed by atoms with Crippen molar-refractivity contribution in [2.24, 2.45) is 0 Å². The molecular formula is C13H19IO9S. The molecule has 0 radical (unpaired) electrons. The van der Waals surface area contributed by atoms with Crippen LogP contribution in [0.3, 0.4) is 0 Å². The molecule has 24 heavy (non-hydrogen) atoms. The third kappa shape index (κ3) is 6.35. The van der Waals surface area contributed by atoms with Crippen LogP contribution in [0.4, 0.5) is 0 Å². The number of methoxy groups -OCH3 is 1. The molecule has 1 fully saturated rings. The van der Waals surface area contributed by atoms with Crippen molar-refractivity contribution >= 4 is 48.3 Å². The van der Waals surface area contributed by atoms with Crippen molar-refractivity contribution in [2.75, 3.05) is 13.7 Å². The highest BCUT2D eigenvalue weighted by Crippen LogP contribution is 2.30. The molecular weight excluding hydrogens is 459 g/mol. The van der Waals surface area contributed by atoms with Gasteiger partial charge in [0.15, 0.2) is 24.6 Å². The summed E-state index contributed by atoms with van der Waals surface area (Å²) in [4.78, 5) is 34.3. The minimum atomic E-state index is -1.10. The predicted octanol–water partition coefficient (Wildman–Crippen LogP) is 1.17. The highest BCUT2D eigenvalue weighted by atomic mass is 127. The van der Waals surface area contributed by atoms with Gasteiger partial charge in [-0.1, -0.05) is 0 Å². The van der Waals surface area contributed by atoms with Crippen molar-refractivity contribution in [3.63, 3.8) is 0 Å². The molecule has 0 bridgehead atoms. The maximum Gasteiger partial charge on any atom is 0.303 e. The lowest BCUT2D eigenvalue weighted by atomic mass is 9.98. The Morgan fingerprint density at radius 1 is 0.958 bits per heavy atom. The SMILES string of the molecule is COC1OC(COSI)C(OC(C)=O)C(OC(C)=O)C1OC(C)=O. The molecule has 5 unspecified atom stereocenters. The average Bonchev–Trinajstić information content (AvgIpc) is 2.48. The molecule has 138 valence electrons. The molecule has 0 N–H and O–H groups in total. The van der Waals surface area contributed by atoms with Crippen LogP contribution < -0.4 is 0 Å². The summed E-state index contributed by atoms with van der Waals surface area (Å²) >= 11 is 1.92. The fourth-order valence-electron chi connectivity index (χ4n) is 2.27. The largest absolute Gasteiger partial charge is 0.456 e. The van der Waals surface area contributed by atoms with Crippen LogP contribution in [0, 0.1) is 0 Å². The first-order valence-electron chi connectivity index (χ1n) is 6.90. The standard InChI is InChI=1S/C13H19IO9S/c1-6(15)20-10-9(5-19-24-14)23-13(18-4)12(22-8(3)17)11(10)21-7(2)16/h9-13H,5H2,1-4H3. The fourth-order valence-corrected chi connectivity index (χ4v) is 2.90. The normalized spacial score (nSPS) is 29.6. The van der Waals surface area contributed by atoms with Crippen molar-refractivity contribution in [2.45, 2.75) is 51.5 Å². The predicted molar refractivity (Wildman–Crippen MR) is 89.9 cm³/mol. The zero-order chi connectivity index (χ0) is 18.3. The third-order valence-corrected chi connectivity index (χ3v) is 3.99. The van der Waals surface area contributed by atoms with Gasteiger partial charge in [0.2, 0.25) is 0 Å². The highest BCUT2D eigenvalue weighted by Gasteiger charge is 2.52. The fraction of sp³-hybridized carbons (Fsp3) is 0.769. The van der Waals surface area contributed by atoms with Crippen LogP contribution in [0.25, 0.3) is 0 Å². The topological polar surface area (TPSA) is 107 Å². The van der Waals surface area contributed by atoms with Gasteiger partial charge < -0.3 is 27.9 Å². The second-order valence-corrected chi connectivity index (χ2v) is 6.29. The zero-order valence-corrected chi connectivity index (χ0v) is 16.5. The van der Waals surface area contributed by atoms with Crippen LogP contribution in [-0.2, 0) is 42.3 Å². The van der Waals surface area contributed by atoms with E-state index >= 15 is 0 Å². The summed E-state index contributed by atoms with van der Waals surface area (Å²) in [6, 6.07) is 0. The van der Waals surface area contributed by atoms with E-state index in [1.54, 1.807) is 0 Å². The summed E-state index contributed by atoms with van der Waals surface area (Å²) in [5.41, 5.74) is 0. The Hall–Kier alpha value is -0.630. The van der Waals surface area contributed by atoms with Gasteiger partial charge in [0.25, 0.3) is 0 Å². The van der Waals surface area contributed by atoms with Gasteiger partial charge in [-0.05, 0) is 0 Å². The maximum absolute atomic E-state index is 11.5. The summed E-state index contributed by atoms with van der Waals surface area (Å²) in [5.74, 6) is -1.86. The molecule has 1 heterocycles. The number of hydrogen-bond acceptors (Lipinski definition) is 10. The van der Waals surface area contributed by atoms with Gasteiger partial charge >= 0.3 is 17.9 Å². The molecule has 1 aliphatic rings. The molecule has 11 heteroatoms.